The number of hydrogen-bond acceptors (Lipinski definition) is 2. The van der Waals surface area contributed by atoms with Gasteiger partial charge in [0, 0.05) is 0 Å². The van der Waals surface area contributed by atoms with Gasteiger partial charge in [0.1, 0.15) is 0 Å². The molecule has 0 N–H and O–H groups in total. The summed E-state index contributed by atoms with van der Waals surface area (Å²) in [6.07, 6.45) is 3.83. The zero-order valence-corrected chi connectivity index (χ0v) is 19.7. The molecule has 1 aliphatic rings. The quantitative estimate of drug-likeness (QED) is 0.422. The maximum absolute atomic E-state index is 6.06. The molecule has 0 atom stereocenters. The Balaban J connectivity index is 1.87. The van der Waals surface area contributed by atoms with Crippen LogP contribution in [0, 0.1) is 0 Å². The summed E-state index contributed by atoms with van der Waals surface area (Å²) in [5.74, 6) is 0. The summed E-state index contributed by atoms with van der Waals surface area (Å²) in [5.41, 5.74) is 0. The van der Waals surface area contributed by atoms with E-state index in [0.717, 1.165) is 17.4 Å². The van der Waals surface area contributed by atoms with E-state index in [0.29, 0.717) is 0 Å². The van der Waals surface area contributed by atoms with Crippen LogP contribution in [0.15, 0.2) is 91.0 Å². The zero-order valence-electron chi connectivity index (χ0n) is 16.0. The first kappa shape index (κ1) is 19.7. The molecule has 0 aromatic heterocycles. The molecule has 0 amide bonds. The van der Waals surface area contributed by atoms with Crippen LogP contribution in [0.5, 0.6) is 0 Å². The standard InChI is InChI=1S/C24H25GeNS2/c27-24(26-19-11-4-12-20-26)28-25(21-13-5-1-6-14-21,22-15-7-2-8-16-22)23-17-9-3-10-18-23/h1-3,5-10,13-18H,4,11-12,19-20H2. The third kappa shape index (κ3) is 4.07. The van der Waals surface area contributed by atoms with E-state index in [2.05, 4.69) is 95.9 Å². The summed E-state index contributed by atoms with van der Waals surface area (Å²) in [6.45, 7) is 2.20. The molecular formula is C24H25GeNS2. The van der Waals surface area contributed by atoms with Crippen molar-refractivity contribution in [3.63, 3.8) is 0 Å². The van der Waals surface area contributed by atoms with Crippen molar-refractivity contribution in [3.05, 3.63) is 91.0 Å². The summed E-state index contributed by atoms with van der Waals surface area (Å²) in [5, 5.41) is 0. The summed E-state index contributed by atoms with van der Waals surface area (Å²) in [4.78, 5) is 2.44. The molecule has 28 heavy (non-hydrogen) atoms. The van der Waals surface area contributed by atoms with Crippen molar-refractivity contribution in [3.8, 4) is 0 Å². The second-order valence-corrected chi connectivity index (χ2v) is 19.4. The third-order valence-corrected chi connectivity index (χ3v) is 21.6. The Kier molecular flexibility index (Phi) is 6.55. The van der Waals surface area contributed by atoms with Crippen LogP contribution >= 0.6 is 22.3 Å². The fraction of sp³-hybridized carbons (Fsp3) is 0.208. The van der Waals surface area contributed by atoms with Gasteiger partial charge in [-0.2, -0.15) is 0 Å². The summed E-state index contributed by atoms with van der Waals surface area (Å²) < 4.78 is 5.43. The molecule has 1 nitrogen and oxygen atoms in total. The number of benzene rings is 3. The second-order valence-electron chi connectivity index (χ2n) is 7.19. The number of thiocarbonyl (C=S) groups is 1. The van der Waals surface area contributed by atoms with Gasteiger partial charge in [0.25, 0.3) is 0 Å². The van der Waals surface area contributed by atoms with Crippen LogP contribution in [-0.4, -0.2) is 34.4 Å². The van der Waals surface area contributed by atoms with Crippen molar-refractivity contribution < 1.29 is 0 Å². The van der Waals surface area contributed by atoms with E-state index in [-0.39, 0.29) is 0 Å². The first-order valence-electron chi connectivity index (χ1n) is 9.95. The Morgan fingerprint density at radius 2 is 1.04 bits per heavy atom. The predicted molar refractivity (Wildman–Crippen MR) is 130 cm³/mol. The normalized spacial score (nSPS) is 14.6. The van der Waals surface area contributed by atoms with E-state index >= 15 is 0 Å². The van der Waals surface area contributed by atoms with Crippen molar-refractivity contribution in [1.29, 1.82) is 0 Å². The molecule has 4 heteroatoms. The molecule has 3 aromatic carbocycles. The molecule has 3 aromatic rings. The molecule has 1 aliphatic heterocycles. The molecule has 0 saturated carbocycles. The van der Waals surface area contributed by atoms with Gasteiger partial charge in [-0.1, -0.05) is 0 Å². The van der Waals surface area contributed by atoms with Crippen LogP contribution < -0.4 is 13.2 Å². The minimum atomic E-state index is -3.03. The van der Waals surface area contributed by atoms with E-state index in [9.17, 15) is 0 Å². The van der Waals surface area contributed by atoms with Gasteiger partial charge in [-0.15, -0.1) is 0 Å². The molecule has 0 radical (unpaired) electrons. The molecule has 1 saturated heterocycles. The maximum atomic E-state index is 6.06. The van der Waals surface area contributed by atoms with Gasteiger partial charge < -0.3 is 0 Å². The van der Waals surface area contributed by atoms with Crippen molar-refractivity contribution in [2.24, 2.45) is 0 Å². The summed E-state index contributed by atoms with van der Waals surface area (Å²) >= 11 is 3.03. The van der Waals surface area contributed by atoms with Crippen molar-refractivity contribution in [2.45, 2.75) is 19.3 Å². The first-order chi connectivity index (χ1) is 13.8. The fourth-order valence-electron chi connectivity index (χ4n) is 3.97. The van der Waals surface area contributed by atoms with Crippen LogP contribution in [-0.2, 0) is 0 Å². The first-order valence-corrected chi connectivity index (χ1v) is 16.9. The molecule has 0 aliphatic carbocycles. The van der Waals surface area contributed by atoms with Gasteiger partial charge in [0.05, 0.1) is 0 Å². The Hall–Kier alpha value is -1.56. The molecular weight excluding hydrogens is 439 g/mol. The molecule has 142 valence electrons. The second kappa shape index (κ2) is 9.29. The monoisotopic (exact) mass is 465 g/mol. The number of nitrogens with zero attached hydrogens (tertiary/aromatic N) is 1. The molecule has 0 spiro atoms. The SMILES string of the molecule is S=C([S][Ge]([c]1ccccc1)([c]1ccccc1)[c]1ccccc1)N1CCCCC1. The predicted octanol–water partition coefficient (Wildman–Crippen LogP) is 4.16. The summed E-state index contributed by atoms with van der Waals surface area (Å²) in [7, 11) is 2.00. The molecule has 0 unspecified atom stereocenters. The Bertz CT molecular complexity index is 797. The molecule has 4 rings (SSSR count). The Labute approximate surface area is 179 Å². The van der Waals surface area contributed by atoms with E-state index in [1.165, 1.54) is 32.5 Å². The van der Waals surface area contributed by atoms with E-state index in [4.69, 9.17) is 12.2 Å². The minimum absolute atomic E-state index is 1.08. The third-order valence-electron chi connectivity index (χ3n) is 5.40. The summed E-state index contributed by atoms with van der Waals surface area (Å²) in [6, 6.07) is 33.2. The Morgan fingerprint density at radius 3 is 1.43 bits per heavy atom. The Morgan fingerprint density at radius 1 is 0.643 bits per heavy atom. The average molecular weight is 464 g/mol. The molecule has 1 heterocycles. The van der Waals surface area contributed by atoms with Crippen molar-refractivity contribution in [2.75, 3.05) is 13.1 Å². The van der Waals surface area contributed by atoms with Gasteiger partial charge >= 0.3 is 180 Å². The van der Waals surface area contributed by atoms with E-state index in [1.807, 2.05) is 10.1 Å². The number of hydrogen-bond donors (Lipinski definition) is 0. The van der Waals surface area contributed by atoms with E-state index in [1.54, 1.807) is 0 Å². The number of piperidine rings is 1. The van der Waals surface area contributed by atoms with Crippen LogP contribution in [0.4, 0.5) is 0 Å². The van der Waals surface area contributed by atoms with Gasteiger partial charge in [-0.05, 0) is 0 Å². The zero-order chi connectivity index (χ0) is 19.2. The van der Waals surface area contributed by atoms with Crippen LogP contribution in [0.1, 0.15) is 19.3 Å². The number of rotatable bonds is 4. The van der Waals surface area contributed by atoms with Crippen molar-refractivity contribution in [1.82, 2.24) is 4.90 Å². The molecule has 1 fully saturated rings. The fourth-order valence-corrected chi connectivity index (χ4v) is 20.1. The number of likely N-dealkylation sites (tertiary alicyclic amines) is 1. The van der Waals surface area contributed by atoms with Crippen LogP contribution in [0.2, 0.25) is 0 Å². The average Bonchev–Trinajstić information content (AvgIpc) is 2.80. The van der Waals surface area contributed by atoms with Gasteiger partial charge in [-0.3, -0.25) is 0 Å². The van der Waals surface area contributed by atoms with E-state index < -0.39 is 12.1 Å². The van der Waals surface area contributed by atoms with Gasteiger partial charge in [0.2, 0.25) is 0 Å². The van der Waals surface area contributed by atoms with Crippen LogP contribution in [0.3, 0.4) is 0 Å². The van der Waals surface area contributed by atoms with Gasteiger partial charge in [-0.25, -0.2) is 0 Å². The van der Waals surface area contributed by atoms with Crippen molar-refractivity contribution >= 4 is 51.9 Å². The van der Waals surface area contributed by atoms with Gasteiger partial charge in [0.15, 0.2) is 0 Å². The van der Waals surface area contributed by atoms with Crippen LogP contribution in [0.25, 0.3) is 0 Å². The molecule has 0 bridgehead atoms. The topological polar surface area (TPSA) is 3.24 Å².